The van der Waals surface area contributed by atoms with Crippen LogP contribution in [-0.4, -0.2) is 32.9 Å². The van der Waals surface area contributed by atoms with E-state index in [1.165, 1.54) is 17.5 Å². The molecule has 1 fully saturated rings. The Morgan fingerprint density at radius 3 is 2.91 bits per heavy atom. The van der Waals surface area contributed by atoms with E-state index in [4.69, 9.17) is 0 Å². The van der Waals surface area contributed by atoms with E-state index in [1.807, 2.05) is 27.8 Å². The predicted octanol–water partition coefficient (Wildman–Crippen LogP) is 3.25. The van der Waals surface area contributed by atoms with Crippen molar-refractivity contribution in [1.82, 2.24) is 14.5 Å². The van der Waals surface area contributed by atoms with Crippen LogP contribution >= 0.6 is 0 Å². The van der Waals surface area contributed by atoms with Gasteiger partial charge in [0.1, 0.15) is 0 Å². The van der Waals surface area contributed by atoms with Crippen LogP contribution in [0.5, 0.6) is 0 Å². The number of benzene rings is 1. The smallest absolute Gasteiger partial charge is 0.290 e. The number of likely N-dealkylation sites (tertiary alicyclic amines) is 1. The van der Waals surface area contributed by atoms with Crippen LogP contribution in [0.2, 0.25) is 0 Å². The molecule has 1 atom stereocenters. The van der Waals surface area contributed by atoms with Gasteiger partial charge in [-0.3, -0.25) is 4.79 Å². The van der Waals surface area contributed by atoms with Crippen LogP contribution in [0.4, 0.5) is 0 Å². The van der Waals surface area contributed by atoms with Gasteiger partial charge >= 0.3 is 0 Å². The number of hydrogen-bond donors (Lipinski definition) is 0. The van der Waals surface area contributed by atoms with Crippen LogP contribution in [0.3, 0.4) is 0 Å². The van der Waals surface area contributed by atoms with Crippen molar-refractivity contribution in [3.8, 4) is 0 Å². The third-order valence-corrected chi connectivity index (χ3v) is 4.57. The highest BCUT2D eigenvalue weighted by Gasteiger charge is 2.27. The van der Waals surface area contributed by atoms with Crippen LogP contribution in [-0.2, 0) is 6.54 Å². The molecule has 0 spiro atoms. The summed E-state index contributed by atoms with van der Waals surface area (Å²) in [6.45, 7) is 5.76. The number of carbonyl (C=O) groups excluding carboxylic acids is 1. The monoisotopic (exact) mass is 297 g/mol. The van der Waals surface area contributed by atoms with Gasteiger partial charge in [0.25, 0.3) is 5.91 Å². The molecule has 2 heterocycles. The molecule has 1 aliphatic heterocycles. The number of piperidine rings is 1. The second-order valence-electron chi connectivity index (χ2n) is 6.15. The van der Waals surface area contributed by atoms with Gasteiger partial charge in [0, 0.05) is 31.5 Å². The maximum absolute atomic E-state index is 12.8. The normalized spacial score (nSPS) is 18.5. The molecular weight excluding hydrogens is 274 g/mol. The highest BCUT2D eigenvalue weighted by atomic mass is 16.2. The fourth-order valence-corrected chi connectivity index (χ4v) is 3.13. The highest BCUT2D eigenvalue weighted by molar-refractivity contribution is 5.91. The molecule has 4 heteroatoms. The summed E-state index contributed by atoms with van der Waals surface area (Å²) in [7, 11) is 0. The molecule has 0 N–H and O–H groups in total. The molecule has 0 unspecified atom stereocenters. The third kappa shape index (κ3) is 2.91. The van der Waals surface area contributed by atoms with Crippen molar-refractivity contribution in [1.29, 1.82) is 0 Å². The molecule has 4 nitrogen and oxygen atoms in total. The molecule has 116 valence electrons. The predicted molar refractivity (Wildman–Crippen MR) is 86.9 cm³/mol. The van der Waals surface area contributed by atoms with Crippen molar-refractivity contribution >= 4 is 5.91 Å². The number of carbonyl (C=O) groups is 1. The minimum atomic E-state index is 0.0609. The van der Waals surface area contributed by atoms with Crippen molar-refractivity contribution in [2.24, 2.45) is 0 Å². The van der Waals surface area contributed by atoms with E-state index >= 15 is 0 Å². The maximum Gasteiger partial charge on any atom is 0.290 e. The second kappa shape index (κ2) is 6.34. The van der Waals surface area contributed by atoms with Crippen LogP contribution in [0, 0.1) is 6.92 Å². The molecule has 1 aromatic carbocycles. The van der Waals surface area contributed by atoms with Crippen molar-refractivity contribution in [3.05, 3.63) is 53.6 Å². The number of imidazole rings is 1. The van der Waals surface area contributed by atoms with Gasteiger partial charge in [-0.2, -0.15) is 0 Å². The number of rotatable bonds is 3. The number of hydrogen-bond acceptors (Lipinski definition) is 2. The number of amides is 1. The Balaban J connectivity index is 1.83. The summed E-state index contributed by atoms with van der Waals surface area (Å²) in [6.07, 6.45) is 7.01. The summed E-state index contributed by atoms with van der Waals surface area (Å²) in [5, 5.41) is 0. The molecule has 1 saturated heterocycles. The van der Waals surface area contributed by atoms with E-state index in [1.54, 1.807) is 6.20 Å². The van der Waals surface area contributed by atoms with Crippen molar-refractivity contribution in [2.75, 3.05) is 6.54 Å². The highest BCUT2D eigenvalue weighted by Crippen LogP contribution is 2.19. The van der Waals surface area contributed by atoms with Crippen LogP contribution in [0.15, 0.2) is 36.7 Å². The van der Waals surface area contributed by atoms with E-state index in [2.05, 4.69) is 31.0 Å². The Hall–Kier alpha value is -2.10. The summed E-state index contributed by atoms with van der Waals surface area (Å²) in [5.74, 6) is 0.614. The Bertz CT molecular complexity index is 662. The Morgan fingerprint density at radius 2 is 2.14 bits per heavy atom. The van der Waals surface area contributed by atoms with Crippen molar-refractivity contribution in [3.63, 3.8) is 0 Å². The van der Waals surface area contributed by atoms with E-state index in [-0.39, 0.29) is 5.91 Å². The average Bonchev–Trinajstić information content (AvgIpc) is 2.98. The van der Waals surface area contributed by atoms with E-state index in [9.17, 15) is 4.79 Å². The largest absolute Gasteiger partial charge is 0.333 e. The summed E-state index contributed by atoms with van der Waals surface area (Å²) >= 11 is 0. The van der Waals surface area contributed by atoms with Gasteiger partial charge in [0.05, 0.1) is 0 Å². The Kier molecular flexibility index (Phi) is 4.27. The molecule has 0 aliphatic carbocycles. The van der Waals surface area contributed by atoms with Gasteiger partial charge < -0.3 is 9.47 Å². The summed E-state index contributed by atoms with van der Waals surface area (Å²) < 4.78 is 1.96. The molecule has 0 bridgehead atoms. The molecule has 1 aromatic heterocycles. The van der Waals surface area contributed by atoms with Crippen LogP contribution in [0.25, 0.3) is 0 Å². The zero-order chi connectivity index (χ0) is 15.5. The molecule has 0 saturated carbocycles. The topological polar surface area (TPSA) is 38.1 Å². The summed E-state index contributed by atoms with van der Waals surface area (Å²) in [4.78, 5) is 19.1. The number of nitrogens with zero attached hydrogens (tertiary/aromatic N) is 3. The first-order chi connectivity index (χ1) is 10.7. The van der Waals surface area contributed by atoms with E-state index in [0.29, 0.717) is 18.4 Å². The van der Waals surface area contributed by atoms with Crippen LogP contribution < -0.4 is 0 Å². The minimum absolute atomic E-state index is 0.0609. The minimum Gasteiger partial charge on any atom is -0.333 e. The summed E-state index contributed by atoms with van der Waals surface area (Å²) in [5.41, 5.74) is 2.46. The lowest BCUT2D eigenvalue weighted by atomic mass is 10.0. The molecule has 1 aliphatic rings. The second-order valence-corrected chi connectivity index (χ2v) is 6.15. The zero-order valence-corrected chi connectivity index (χ0v) is 13.3. The fraction of sp³-hybridized carbons (Fsp3) is 0.444. The molecule has 1 amide bonds. The van der Waals surface area contributed by atoms with Crippen molar-refractivity contribution < 1.29 is 4.79 Å². The first kappa shape index (κ1) is 14.8. The molecular formula is C18H23N3O. The van der Waals surface area contributed by atoms with Gasteiger partial charge in [-0.1, -0.05) is 24.3 Å². The maximum atomic E-state index is 12.8. The average molecular weight is 297 g/mol. The fourth-order valence-electron chi connectivity index (χ4n) is 3.13. The van der Waals surface area contributed by atoms with E-state index < -0.39 is 0 Å². The Labute approximate surface area is 131 Å². The lowest BCUT2D eigenvalue weighted by molar-refractivity contribution is 0.0618. The lowest BCUT2D eigenvalue weighted by Crippen LogP contribution is -2.43. The van der Waals surface area contributed by atoms with Gasteiger partial charge in [-0.15, -0.1) is 0 Å². The first-order valence-electron chi connectivity index (χ1n) is 8.03. The SMILES string of the molecule is Cc1ccccc1Cn1ccnc1C(=O)N1CCCC[C@@H]1C. The third-order valence-electron chi connectivity index (χ3n) is 4.57. The standard InChI is InChI=1S/C18H23N3O/c1-14-7-3-4-9-16(14)13-20-12-10-19-17(20)18(22)21-11-6-5-8-15(21)2/h3-4,7,9-10,12,15H,5-6,8,11,13H2,1-2H3/t15-/m0/s1. The first-order valence-corrected chi connectivity index (χ1v) is 8.03. The van der Waals surface area contributed by atoms with Gasteiger partial charge in [0.2, 0.25) is 0 Å². The van der Waals surface area contributed by atoms with Gasteiger partial charge in [-0.05, 0) is 44.2 Å². The number of aryl methyl sites for hydroxylation is 1. The lowest BCUT2D eigenvalue weighted by Gasteiger charge is -2.33. The van der Waals surface area contributed by atoms with Crippen molar-refractivity contribution in [2.45, 2.75) is 45.7 Å². The molecule has 0 radical (unpaired) electrons. The van der Waals surface area contributed by atoms with Gasteiger partial charge in [0.15, 0.2) is 5.82 Å². The molecule has 3 rings (SSSR count). The number of aromatic nitrogens is 2. The quantitative estimate of drug-likeness (QED) is 0.872. The van der Waals surface area contributed by atoms with Crippen LogP contribution in [0.1, 0.15) is 47.9 Å². The Morgan fingerprint density at radius 1 is 1.32 bits per heavy atom. The molecule has 22 heavy (non-hydrogen) atoms. The zero-order valence-electron chi connectivity index (χ0n) is 13.3. The summed E-state index contributed by atoms with van der Waals surface area (Å²) in [6, 6.07) is 8.58. The van der Waals surface area contributed by atoms with E-state index in [0.717, 1.165) is 19.4 Å². The molecule has 2 aromatic rings. The van der Waals surface area contributed by atoms with Gasteiger partial charge in [-0.25, -0.2) is 4.98 Å².